The van der Waals surface area contributed by atoms with Crippen LogP contribution in [0.15, 0.2) is 48.5 Å². The Bertz CT molecular complexity index is 810. The molecule has 4 rings (SSSR count). The Morgan fingerprint density at radius 3 is 2.38 bits per heavy atom. The predicted octanol–water partition coefficient (Wildman–Crippen LogP) is 4.29. The van der Waals surface area contributed by atoms with Gasteiger partial charge in [-0.05, 0) is 17.2 Å². The van der Waals surface area contributed by atoms with Crippen LogP contribution < -0.4 is 5.32 Å². The van der Waals surface area contributed by atoms with Crippen molar-refractivity contribution in [3.05, 3.63) is 65.2 Å². The van der Waals surface area contributed by atoms with Crippen molar-refractivity contribution in [3.8, 4) is 0 Å². The first-order valence-corrected chi connectivity index (χ1v) is 8.21. The van der Waals surface area contributed by atoms with E-state index in [0.29, 0.717) is 25.2 Å². The number of nitrogens with zero attached hydrogens (tertiary/aromatic N) is 1. The van der Waals surface area contributed by atoms with E-state index in [1.807, 2.05) is 30.3 Å². The zero-order valence-corrected chi connectivity index (χ0v) is 14.6. The molecule has 3 nitrogen and oxygen atoms in total. The molecule has 1 N–H and O–H groups in total. The lowest BCUT2D eigenvalue weighted by molar-refractivity contribution is -0.137. The van der Waals surface area contributed by atoms with Gasteiger partial charge in [0.05, 0.1) is 17.2 Å². The summed E-state index contributed by atoms with van der Waals surface area (Å²) in [6, 6.07) is 14.0. The molecule has 0 bridgehead atoms. The van der Waals surface area contributed by atoms with E-state index in [9.17, 15) is 18.0 Å². The van der Waals surface area contributed by atoms with Crippen LogP contribution in [0.2, 0.25) is 0 Å². The third-order valence-corrected chi connectivity index (χ3v) is 5.03. The second kappa shape index (κ2) is 6.93. The number of carbonyl (C=O) groups is 1. The molecule has 2 atom stereocenters. The van der Waals surface area contributed by atoms with E-state index in [1.54, 1.807) is 6.07 Å². The number of fused-ring (bicyclic) bond motifs is 3. The quantitative estimate of drug-likeness (QED) is 0.840. The van der Waals surface area contributed by atoms with E-state index in [-0.39, 0.29) is 35.8 Å². The van der Waals surface area contributed by atoms with E-state index in [1.165, 1.54) is 6.07 Å². The number of rotatable bonds is 2. The lowest BCUT2D eigenvalue weighted by Gasteiger charge is -2.29. The fourth-order valence-corrected chi connectivity index (χ4v) is 3.91. The Morgan fingerprint density at radius 2 is 1.69 bits per heavy atom. The van der Waals surface area contributed by atoms with Gasteiger partial charge in [0.15, 0.2) is 0 Å². The third kappa shape index (κ3) is 3.31. The van der Waals surface area contributed by atoms with Gasteiger partial charge in [0, 0.05) is 25.6 Å². The minimum atomic E-state index is -4.48. The van der Waals surface area contributed by atoms with Gasteiger partial charge in [-0.25, -0.2) is 0 Å². The molecule has 0 aromatic heterocycles. The van der Waals surface area contributed by atoms with Crippen molar-refractivity contribution in [2.75, 3.05) is 18.4 Å². The number of amides is 1. The highest BCUT2D eigenvalue weighted by Crippen LogP contribution is 2.46. The number of likely N-dealkylation sites (tertiary alicyclic amines) is 1. The number of hydrogen-bond acceptors (Lipinski definition) is 2. The van der Waals surface area contributed by atoms with Gasteiger partial charge >= 0.3 is 6.18 Å². The molecule has 7 heteroatoms. The number of nitrogens with one attached hydrogen (secondary N) is 1. The highest BCUT2D eigenvalue weighted by molar-refractivity contribution is 5.98. The molecule has 1 saturated heterocycles. The summed E-state index contributed by atoms with van der Waals surface area (Å²) in [6.07, 6.45) is -4.48. The van der Waals surface area contributed by atoms with Crippen LogP contribution in [0.1, 0.15) is 22.6 Å². The number of anilines is 1. The summed E-state index contributed by atoms with van der Waals surface area (Å²) in [4.78, 5) is 14.5. The Balaban J connectivity index is 0.00000196. The number of alkyl halides is 3. The first kappa shape index (κ1) is 18.7. The molecule has 0 spiro atoms. The maximum Gasteiger partial charge on any atom is 0.418 e. The zero-order chi connectivity index (χ0) is 17.6. The molecule has 0 radical (unpaired) electrons. The molecule has 2 heterocycles. The van der Waals surface area contributed by atoms with E-state index in [0.717, 1.165) is 11.6 Å². The fourth-order valence-electron chi connectivity index (χ4n) is 3.91. The van der Waals surface area contributed by atoms with Crippen molar-refractivity contribution in [2.45, 2.75) is 18.6 Å². The van der Waals surface area contributed by atoms with Crippen LogP contribution in [0.3, 0.4) is 0 Å². The lowest BCUT2D eigenvalue weighted by Crippen LogP contribution is -2.34. The summed E-state index contributed by atoms with van der Waals surface area (Å²) in [5.41, 5.74) is 0.891. The monoisotopic (exact) mass is 382 g/mol. The summed E-state index contributed by atoms with van der Waals surface area (Å²) in [6.45, 7) is 1.83. The highest BCUT2D eigenvalue weighted by Gasteiger charge is 2.45. The molecule has 1 amide bonds. The summed E-state index contributed by atoms with van der Waals surface area (Å²) in [5.74, 6) is -0.820. The summed E-state index contributed by atoms with van der Waals surface area (Å²) >= 11 is 0. The summed E-state index contributed by atoms with van der Waals surface area (Å²) in [5, 5.41) is 2.51. The smallest absolute Gasteiger partial charge is 0.325 e. The average molecular weight is 383 g/mol. The molecule has 0 unspecified atom stereocenters. The van der Waals surface area contributed by atoms with Crippen molar-refractivity contribution in [2.24, 2.45) is 5.92 Å². The Morgan fingerprint density at radius 1 is 1.00 bits per heavy atom. The van der Waals surface area contributed by atoms with Gasteiger partial charge in [-0.2, -0.15) is 13.2 Å². The predicted molar refractivity (Wildman–Crippen MR) is 95.3 cm³/mol. The second-order valence-corrected chi connectivity index (χ2v) is 6.65. The molecule has 2 aromatic rings. The Hall–Kier alpha value is -2.05. The van der Waals surface area contributed by atoms with Gasteiger partial charge < -0.3 is 5.32 Å². The van der Waals surface area contributed by atoms with E-state index >= 15 is 0 Å². The normalized spacial score (nSPS) is 22.2. The maximum absolute atomic E-state index is 13.2. The van der Waals surface area contributed by atoms with E-state index < -0.39 is 11.7 Å². The van der Waals surface area contributed by atoms with Crippen LogP contribution in [0.25, 0.3) is 0 Å². The minimum absolute atomic E-state index is 0. The molecule has 2 aromatic carbocycles. The molecule has 1 fully saturated rings. The molecule has 138 valence electrons. The van der Waals surface area contributed by atoms with Crippen LogP contribution >= 0.6 is 12.4 Å². The van der Waals surface area contributed by atoms with Crippen LogP contribution in [-0.4, -0.2) is 23.9 Å². The number of benzene rings is 2. The summed E-state index contributed by atoms with van der Waals surface area (Å²) < 4.78 is 39.7. The number of hydrogen-bond donors (Lipinski definition) is 1. The topological polar surface area (TPSA) is 32.3 Å². The van der Waals surface area contributed by atoms with Gasteiger partial charge in [0.25, 0.3) is 0 Å². The molecule has 2 aliphatic heterocycles. The van der Waals surface area contributed by atoms with E-state index in [4.69, 9.17) is 0 Å². The van der Waals surface area contributed by atoms with Crippen molar-refractivity contribution in [3.63, 3.8) is 0 Å². The van der Waals surface area contributed by atoms with Crippen molar-refractivity contribution >= 4 is 24.0 Å². The van der Waals surface area contributed by atoms with Crippen LogP contribution in [0.5, 0.6) is 0 Å². The number of carbonyl (C=O) groups excluding carboxylic acids is 1. The number of para-hydroxylation sites is 1. The average Bonchev–Trinajstić information content (AvgIpc) is 2.99. The van der Waals surface area contributed by atoms with Gasteiger partial charge in [-0.1, -0.05) is 42.5 Å². The van der Waals surface area contributed by atoms with E-state index in [2.05, 4.69) is 10.2 Å². The van der Waals surface area contributed by atoms with Crippen molar-refractivity contribution in [1.29, 1.82) is 0 Å². The fraction of sp³-hybridized carbons (Fsp3) is 0.316. The minimum Gasteiger partial charge on any atom is -0.325 e. The van der Waals surface area contributed by atoms with Gasteiger partial charge in [-0.15, -0.1) is 12.4 Å². The molecule has 0 aliphatic carbocycles. The third-order valence-electron chi connectivity index (χ3n) is 5.03. The molecular formula is C19H18ClF3N2O. The summed E-state index contributed by atoms with van der Waals surface area (Å²) in [7, 11) is 0. The second-order valence-electron chi connectivity index (χ2n) is 6.65. The van der Waals surface area contributed by atoms with Gasteiger partial charge in [0.1, 0.15) is 0 Å². The van der Waals surface area contributed by atoms with Crippen molar-refractivity contribution < 1.29 is 18.0 Å². The molecule has 2 aliphatic rings. The SMILES string of the molecule is Cl.O=C1Nc2c(cccc2C(F)(F)F)[C@H]2CN(Cc3ccccc3)C[C@@H]12. The first-order chi connectivity index (χ1) is 11.9. The maximum atomic E-state index is 13.2. The van der Waals surface area contributed by atoms with Gasteiger partial charge in [-0.3, -0.25) is 9.69 Å². The Kier molecular flexibility index (Phi) is 4.99. The van der Waals surface area contributed by atoms with Gasteiger partial charge in [0.2, 0.25) is 5.91 Å². The molecule has 0 saturated carbocycles. The van der Waals surface area contributed by atoms with Crippen LogP contribution in [0.4, 0.5) is 18.9 Å². The Labute approximate surface area is 155 Å². The zero-order valence-electron chi connectivity index (χ0n) is 13.8. The highest BCUT2D eigenvalue weighted by atomic mass is 35.5. The largest absolute Gasteiger partial charge is 0.418 e. The number of halogens is 4. The first-order valence-electron chi connectivity index (χ1n) is 8.21. The van der Waals surface area contributed by atoms with Crippen LogP contribution in [-0.2, 0) is 17.5 Å². The standard InChI is InChI=1S/C19H17F3N2O.ClH/c20-19(21,22)16-8-4-7-13-14-10-24(9-12-5-2-1-3-6-12)11-15(14)18(25)23-17(13)16;/h1-8,14-15H,9-11H2,(H,23,25);1H/t14-,15-;/m1./s1. The lowest BCUT2D eigenvalue weighted by atomic mass is 9.83. The molecule has 26 heavy (non-hydrogen) atoms. The van der Waals surface area contributed by atoms with Crippen molar-refractivity contribution in [1.82, 2.24) is 4.90 Å². The van der Waals surface area contributed by atoms with Crippen LogP contribution in [0, 0.1) is 5.92 Å². The molecular weight excluding hydrogens is 365 g/mol.